The lowest BCUT2D eigenvalue weighted by Gasteiger charge is -2.44. The number of nitrogens with one attached hydrogen (secondary N) is 2. The highest BCUT2D eigenvalue weighted by Crippen LogP contribution is 2.33. The minimum atomic E-state index is -0.286. The predicted molar refractivity (Wildman–Crippen MR) is 137 cm³/mol. The summed E-state index contributed by atoms with van der Waals surface area (Å²) < 4.78 is 15.3. The van der Waals surface area contributed by atoms with Crippen LogP contribution >= 0.6 is 0 Å². The van der Waals surface area contributed by atoms with Crippen molar-refractivity contribution in [1.82, 2.24) is 15.1 Å². The largest absolute Gasteiger partial charge is 0.386 e. The van der Waals surface area contributed by atoms with Gasteiger partial charge >= 0.3 is 0 Å². The number of hydrogen-bond donors (Lipinski definition) is 2. The molecule has 1 fully saturated rings. The van der Waals surface area contributed by atoms with Gasteiger partial charge in [0.15, 0.2) is 0 Å². The summed E-state index contributed by atoms with van der Waals surface area (Å²) in [5.74, 6) is -0.286. The zero-order valence-electron chi connectivity index (χ0n) is 20.5. The van der Waals surface area contributed by atoms with E-state index in [0.717, 1.165) is 44.1 Å². The molecule has 0 amide bonds. The van der Waals surface area contributed by atoms with Gasteiger partial charge in [-0.25, -0.2) is 4.39 Å². The Kier molecular flexibility index (Phi) is 10.3. The Morgan fingerprint density at radius 3 is 2.53 bits per heavy atom. The lowest BCUT2D eigenvalue weighted by Crippen LogP contribution is -2.55. The second-order valence-corrected chi connectivity index (χ2v) is 8.58. The molecule has 2 rings (SSSR count). The number of anilines is 2. The van der Waals surface area contributed by atoms with Crippen LogP contribution in [0.25, 0.3) is 5.57 Å². The number of hydrogen-bond acceptors (Lipinski definition) is 7. The van der Waals surface area contributed by atoms with Crippen LogP contribution in [0.2, 0.25) is 0 Å². The van der Waals surface area contributed by atoms with Gasteiger partial charge in [-0.15, -0.1) is 0 Å². The lowest BCUT2D eigenvalue weighted by molar-refractivity contribution is 0.170. The zero-order chi connectivity index (χ0) is 23.7. The number of benzene rings is 1. The fraction of sp³-hybridized carbons (Fsp3) is 0.583. The molecule has 1 aromatic rings. The third-order valence-electron chi connectivity index (χ3n) is 6.18. The molecule has 0 aromatic heterocycles. The van der Waals surface area contributed by atoms with Crippen molar-refractivity contribution in [2.45, 2.75) is 25.9 Å². The highest BCUT2D eigenvalue weighted by Gasteiger charge is 2.28. The molecule has 32 heavy (non-hydrogen) atoms. The van der Waals surface area contributed by atoms with E-state index in [1.165, 1.54) is 0 Å². The second-order valence-electron chi connectivity index (χ2n) is 8.58. The fourth-order valence-corrected chi connectivity index (χ4v) is 3.92. The van der Waals surface area contributed by atoms with Gasteiger partial charge in [0.2, 0.25) is 0 Å². The molecule has 1 saturated heterocycles. The predicted octanol–water partition coefficient (Wildman–Crippen LogP) is 2.66. The van der Waals surface area contributed by atoms with Crippen LogP contribution in [0.1, 0.15) is 19.4 Å². The van der Waals surface area contributed by atoms with Crippen LogP contribution < -0.4 is 15.5 Å². The van der Waals surface area contributed by atoms with Crippen molar-refractivity contribution in [3.8, 4) is 0 Å². The number of aliphatic imine (C=N–C) groups is 2. The lowest BCUT2D eigenvalue weighted by atomic mass is 10.0. The van der Waals surface area contributed by atoms with E-state index in [1.54, 1.807) is 18.5 Å². The highest BCUT2D eigenvalue weighted by atomic mass is 19.1. The van der Waals surface area contributed by atoms with Crippen molar-refractivity contribution in [2.75, 3.05) is 77.7 Å². The summed E-state index contributed by atoms with van der Waals surface area (Å²) in [4.78, 5) is 15.2. The molecule has 8 heteroatoms. The van der Waals surface area contributed by atoms with Gasteiger partial charge in [0.1, 0.15) is 5.82 Å². The number of rotatable bonds is 11. The van der Waals surface area contributed by atoms with Crippen LogP contribution in [0.4, 0.5) is 15.8 Å². The molecule has 2 N–H and O–H groups in total. The van der Waals surface area contributed by atoms with E-state index in [0.29, 0.717) is 29.8 Å². The Balaban J connectivity index is 2.22. The summed E-state index contributed by atoms with van der Waals surface area (Å²) in [6, 6.07) is 4.26. The van der Waals surface area contributed by atoms with Crippen LogP contribution in [0.3, 0.4) is 0 Å². The van der Waals surface area contributed by atoms with Gasteiger partial charge in [-0.1, -0.05) is 0 Å². The normalized spacial score (nSPS) is 20.4. The molecule has 0 saturated carbocycles. The Hall–Kier alpha value is -2.29. The first-order valence-corrected chi connectivity index (χ1v) is 11.3. The smallest absolute Gasteiger partial charge is 0.133 e. The minimum Gasteiger partial charge on any atom is -0.386 e. The van der Waals surface area contributed by atoms with E-state index in [-0.39, 0.29) is 5.82 Å². The Bertz CT molecular complexity index is 796. The third-order valence-corrected chi connectivity index (χ3v) is 6.18. The summed E-state index contributed by atoms with van der Waals surface area (Å²) in [7, 11) is 8.02. The van der Waals surface area contributed by atoms with E-state index in [4.69, 9.17) is 0 Å². The molecular weight excluding hydrogens is 405 g/mol. The Labute approximate surface area is 193 Å². The van der Waals surface area contributed by atoms with Gasteiger partial charge in [0, 0.05) is 75.4 Å². The first-order valence-electron chi connectivity index (χ1n) is 11.3. The molecule has 2 atom stereocenters. The maximum Gasteiger partial charge on any atom is 0.133 e. The number of piperazine rings is 1. The molecule has 0 radical (unpaired) electrons. The van der Waals surface area contributed by atoms with E-state index in [2.05, 4.69) is 70.0 Å². The van der Waals surface area contributed by atoms with Crippen molar-refractivity contribution in [3.05, 3.63) is 29.7 Å². The molecule has 0 bridgehead atoms. The van der Waals surface area contributed by atoms with E-state index >= 15 is 4.39 Å². The summed E-state index contributed by atoms with van der Waals surface area (Å²) in [6.07, 6.45) is 3.25. The summed E-state index contributed by atoms with van der Waals surface area (Å²) in [5, 5.41) is 6.38. The number of allylic oxidation sites excluding steroid dienone is 1. The van der Waals surface area contributed by atoms with Crippen molar-refractivity contribution < 1.29 is 4.39 Å². The quantitative estimate of drug-likeness (QED) is 0.513. The van der Waals surface area contributed by atoms with Crippen molar-refractivity contribution in [2.24, 2.45) is 9.98 Å². The first kappa shape index (κ1) is 26.0. The van der Waals surface area contributed by atoms with Gasteiger partial charge in [-0.3, -0.25) is 14.9 Å². The molecule has 1 aromatic carbocycles. The highest BCUT2D eigenvalue weighted by molar-refractivity contribution is 6.10. The monoisotopic (exact) mass is 445 g/mol. The number of nitrogens with zero attached hydrogens (tertiary/aromatic N) is 5. The molecule has 0 aliphatic carbocycles. The number of halogens is 1. The minimum absolute atomic E-state index is 0.286. The maximum absolute atomic E-state index is 15.3. The van der Waals surface area contributed by atoms with Crippen LogP contribution in [0, 0.1) is 5.82 Å². The average molecular weight is 446 g/mol. The van der Waals surface area contributed by atoms with Gasteiger partial charge in [-0.2, -0.15) is 0 Å². The molecule has 1 heterocycles. The van der Waals surface area contributed by atoms with Gasteiger partial charge in [-0.05, 0) is 53.8 Å². The molecule has 1 aliphatic heterocycles. The zero-order valence-corrected chi connectivity index (χ0v) is 20.5. The Morgan fingerprint density at radius 1 is 1.25 bits per heavy atom. The maximum atomic E-state index is 15.3. The van der Waals surface area contributed by atoms with Crippen molar-refractivity contribution >= 4 is 29.9 Å². The van der Waals surface area contributed by atoms with Crippen molar-refractivity contribution in [1.29, 1.82) is 0 Å². The molecule has 178 valence electrons. The molecule has 1 aliphatic rings. The molecule has 2 unspecified atom stereocenters. The summed E-state index contributed by atoms with van der Waals surface area (Å²) in [6.45, 7) is 13.0. The Morgan fingerprint density at radius 2 is 1.94 bits per heavy atom. The fourth-order valence-electron chi connectivity index (χ4n) is 3.92. The average Bonchev–Trinajstić information content (AvgIpc) is 2.77. The van der Waals surface area contributed by atoms with Crippen molar-refractivity contribution in [3.63, 3.8) is 0 Å². The van der Waals surface area contributed by atoms with Crippen LogP contribution in [0.5, 0.6) is 0 Å². The number of likely N-dealkylation sites (N-methyl/N-ethyl adjacent to an activating group) is 3. The summed E-state index contributed by atoms with van der Waals surface area (Å²) in [5.41, 5.74) is 2.85. The SMILES string of the molecule is C=N/C=C(\C=NCCN(C)CCNC)c1cc(NC)c(N2CC(C)N(C)C(C)C2)cc1F. The molecule has 0 spiro atoms. The van der Waals surface area contributed by atoms with Gasteiger partial charge < -0.3 is 20.4 Å². The molecule has 7 nitrogen and oxygen atoms in total. The first-order chi connectivity index (χ1) is 15.3. The van der Waals surface area contributed by atoms with Gasteiger partial charge in [0.05, 0.1) is 17.9 Å². The van der Waals surface area contributed by atoms with E-state index in [9.17, 15) is 0 Å². The third kappa shape index (κ3) is 6.85. The van der Waals surface area contributed by atoms with E-state index < -0.39 is 0 Å². The topological polar surface area (TPSA) is 58.5 Å². The van der Waals surface area contributed by atoms with E-state index in [1.807, 2.05) is 20.2 Å². The van der Waals surface area contributed by atoms with Crippen LogP contribution in [-0.4, -0.2) is 102 Å². The van der Waals surface area contributed by atoms with Crippen LogP contribution in [-0.2, 0) is 0 Å². The summed E-state index contributed by atoms with van der Waals surface area (Å²) >= 11 is 0. The second kappa shape index (κ2) is 12.7. The standard InChI is InChI=1S/C24H40FN7/c1-18-16-32(17-19(2)31(18)7)24-13-22(25)21(12-23(24)28-5)20(14-27-4)15-29-9-11-30(6)10-8-26-3/h12-15,18-19,26,28H,4,8-11,16-17H2,1-3,5-7H3/b20-14+,29-15?. The van der Waals surface area contributed by atoms with Gasteiger partial charge in [0.25, 0.3) is 0 Å². The molecular formula is C24H40FN7. The van der Waals surface area contributed by atoms with Crippen LogP contribution in [0.15, 0.2) is 28.3 Å².